The summed E-state index contributed by atoms with van der Waals surface area (Å²) in [6.45, 7) is 5.61. The Labute approximate surface area is 125 Å². The molecule has 106 valence electrons. The Bertz CT molecular complexity index is 400. The van der Waals surface area contributed by atoms with E-state index in [1.54, 1.807) is 0 Å². The predicted molar refractivity (Wildman–Crippen MR) is 85.5 cm³/mol. The number of rotatable bonds is 5. The molecule has 0 aromatic heterocycles. The molecule has 0 radical (unpaired) electrons. The molecule has 1 aromatic carbocycles. The number of piperidine rings is 1. The lowest BCUT2D eigenvalue weighted by Gasteiger charge is -2.26. The summed E-state index contributed by atoms with van der Waals surface area (Å²) < 4.78 is 1.18. The highest BCUT2D eigenvalue weighted by Gasteiger charge is 2.13. The third-order valence-corrected chi connectivity index (χ3v) is 4.52. The second-order valence-corrected chi connectivity index (χ2v) is 6.66. The molecular formula is C16H25BrN2. The number of halogens is 1. The summed E-state index contributed by atoms with van der Waals surface area (Å²) in [5.41, 5.74) is 2.80. The molecule has 3 heteroatoms. The molecule has 1 N–H and O–H groups in total. The van der Waals surface area contributed by atoms with Crippen LogP contribution in [0, 0.1) is 6.92 Å². The lowest BCUT2D eigenvalue weighted by molar-refractivity contribution is 0.281. The van der Waals surface area contributed by atoms with Crippen molar-refractivity contribution in [2.45, 2.75) is 45.2 Å². The Kier molecular flexibility index (Phi) is 5.86. The number of hydrogen-bond acceptors (Lipinski definition) is 2. The zero-order valence-electron chi connectivity index (χ0n) is 12.1. The minimum absolute atomic E-state index is 0.736. The summed E-state index contributed by atoms with van der Waals surface area (Å²) in [6.07, 6.45) is 5.36. The van der Waals surface area contributed by atoms with Crippen molar-refractivity contribution in [3.63, 3.8) is 0 Å². The first-order valence-electron chi connectivity index (χ1n) is 7.32. The van der Waals surface area contributed by atoms with Crippen molar-refractivity contribution in [2.24, 2.45) is 0 Å². The monoisotopic (exact) mass is 324 g/mol. The van der Waals surface area contributed by atoms with Crippen LogP contribution in [0.25, 0.3) is 0 Å². The second kappa shape index (κ2) is 7.41. The van der Waals surface area contributed by atoms with E-state index in [0.717, 1.165) is 12.6 Å². The largest absolute Gasteiger partial charge is 0.314 e. The average molecular weight is 325 g/mol. The molecule has 1 unspecified atom stereocenters. The number of hydrogen-bond donors (Lipinski definition) is 1. The van der Waals surface area contributed by atoms with Gasteiger partial charge in [0.15, 0.2) is 0 Å². The van der Waals surface area contributed by atoms with Crippen molar-refractivity contribution >= 4 is 15.9 Å². The van der Waals surface area contributed by atoms with Crippen LogP contribution in [0.4, 0.5) is 0 Å². The SMILES string of the molecule is Cc1ccc(Br)cc1CN(C)CCC1CCCCN1. The van der Waals surface area contributed by atoms with Crippen LogP contribution in [0.3, 0.4) is 0 Å². The molecule has 1 saturated heterocycles. The van der Waals surface area contributed by atoms with Crippen molar-refractivity contribution in [2.75, 3.05) is 20.1 Å². The van der Waals surface area contributed by atoms with Gasteiger partial charge >= 0.3 is 0 Å². The molecule has 0 spiro atoms. The van der Waals surface area contributed by atoms with Crippen LogP contribution in [0.2, 0.25) is 0 Å². The van der Waals surface area contributed by atoms with Gasteiger partial charge in [0.05, 0.1) is 0 Å². The smallest absolute Gasteiger partial charge is 0.0233 e. The fraction of sp³-hybridized carbons (Fsp3) is 0.625. The summed E-state index contributed by atoms with van der Waals surface area (Å²) >= 11 is 3.56. The van der Waals surface area contributed by atoms with E-state index in [2.05, 4.69) is 58.3 Å². The Morgan fingerprint density at radius 1 is 1.37 bits per heavy atom. The maximum Gasteiger partial charge on any atom is 0.0233 e. The highest BCUT2D eigenvalue weighted by Crippen LogP contribution is 2.18. The van der Waals surface area contributed by atoms with E-state index >= 15 is 0 Å². The Morgan fingerprint density at radius 2 is 2.21 bits per heavy atom. The van der Waals surface area contributed by atoms with Gasteiger partial charge in [-0.3, -0.25) is 0 Å². The predicted octanol–water partition coefficient (Wildman–Crippen LogP) is 3.72. The van der Waals surface area contributed by atoms with E-state index in [4.69, 9.17) is 0 Å². The number of nitrogens with zero attached hydrogens (tertiary/aromatic N) is 1. The van der Waals surface area contributed by atoms with Gasteiger partial charge in [-0.05, 0) is 69.6 Å². The van der Waals surface area contributed by atoms with Gasteiger partial charge in [-0.2, -0.15) is 0 Å². The maximum atomic E-state index is 3.62. The van der Waals surface area contributed by atoms with E-state index in [9.17, 15) is 0 Å². The summed E-state index contributed by atoms with van der Waals surface area (Å²) in [7, 11) is 2.23. The van der Waals surface area contributed by atoms with E-state index in [1.165, 1.54) is 54.4 Å². The normalized spacial score (nSPS) is 19.9. The van der Waals surface area contributed by atoms with E-state index in [1.807, 2.05) is 0 Å². The standard InChI is InChI=1S/C16H25BrN2/c1-13-6-7-15(17)11-14(13)12-19(2)10-8-16-5-3-4-9-18-16/h6-7,11,16,18H,3-5,8-10,12H2,1-2H3. The van der Waals surface area contributed by atoms with Crippen LogP contribution in [-0.4, -0.2) is 31.1 Å². The molecule has 2 rings (SSSR count). The molecule has 1 aromatic rings. The number of nitrogens with one attached hydrogen (secondary N) is 1. The summed E-state index contributed by atoms with van der Waals surface area (Å²) in [5, 5.41) is 3.62. The van der Waals surface area contributed by atoms with Crippen molar-refractivity contribution in [3.05, 3.63) is 33.8 Å². The van der Waals surface area contributed by atoms with Crippen LogP contribution in [0.5, 0.6) is 0 Å². The summed E-state index contributed by atoms with van der Waals surface area (Å²) in [4.78, 5) is 2.44. The maximum absolute atomic E-state index is 3.62. The second-order valence-electron chi connectivity index (χ2n) is 5.74. The van der Waals surface area contributed by atoms with Gasteiger partial charge in [0, 0.05) is 17.1 Å². The van der Waals surface area contributed by atoms with Gasteiger partial charge in [-0.25, -0.2) is 0 Å². The van der Waals surface area contributed by atoms with Crippen LogP contribution < -0.4 is 5.32 Å². The van der Waals surface area contributed by atoms with E-state index in [-0.39, 0.29) is 0 Å². The van der Waals surface area contributed by atoms with Gasteiger partial charge in [0.25, 0.3) is 0 Å². The average Bonchev–Trinajstić information content (AvgIpc) is 2.42. The third-order valence-electron chi connectivity index (χ3n) is 4.02. The summed E-state index contributed by atoms with van der Waals surface area (Å²) in [6, 6.07) is 7.28. The first-order chi connectivity index (χ1) is 9.15. The van der Waals surface area contributed by atoms with Gasteiger partial charge in [0.2, 0.25) is 0 Å². The molecule has 19 heavy (non-hydrogen) atoms. The van der Waals surface area contributed by atoms with Crippen LogP contribution in [0.1, 0.15) is 36.8 Å². The molecule has 2 nitrogen and oxygen atoms in total. The van der Waals surface area contributed by atoms with Crippen molar-refractivity contribution in [1.82, 2.24) is 10.2 Å². The molecule has 0 amide bonds. The van der Waals surface area contributed by atoms with E-state index in [0.29, 0.717) is 0 Å². The van der Waals surface area contributed by atoms with Gasteiger partial charge < -0.3 is 10.2 Å². The molecule has 0 aliphatic carbocycles. The molecule has 0 saturated carbocycles. The van der Waals surface area contributed by atoms with Crippen molar-refractivity contribution < 1.29 is 0 Å². The molecule has 1 heterocycles. The quantitative estimate of drug-likeness (QED) is 0.888. The lowest BCUT2D eigenvalue weighted by atomic mass is 10.0. The molecular weight excluding hydrogens is 300 g/mol. The van der Waals surface area contributed by atoms with Crippen molar-refractivity contribution in [3.8, 4) is 0 Å². The first-order valence-corrected chi connectivity index (χ1v) is 8.11. The molecule has 1 fully saturated rings. The minimum Gasteiger partial charge on any atom is -0.314 e. The van der Waals surface area contributed by atoms with Crippen molar-refractivity contribution in [1.29, 1.82) is 0 Å². The summed E-state index contributed by atoms with van der Waals surface area (Å²) in [5.74, 6) is 0. The molecule has 1 atom stereocenters. The third kappa shape index (κ3) is 4.90. The topological polar surface area (TPSA) is 15.3 Å². The van der Waals surface area contributed by atoms with Gasteiger partial charge in [-0.15, -0.1) is 0 Å². The Morgan fingerprint density at radius 3 is 2.95 bits per heavy atom. The highest BCUT2D eigenvalue weighted by atomic mass is 79.9. The van der Waals surface area contributed by atoms with Gasteiger partial charge in [0.1, 0.15) is 0 Å². The van der Waals surface area contributed by atoms with Gasteiger partial charge in [-0.1, -0.05) is 28.4 Å². The zero-order chi connectivity index (χ0) is 13.7. The number of aryl methyl sites for hydroxylation is 1. The zero-order valence-corrected chi connectivity index (χ0v) is 13.7. The lowest BCUT2D eigenvalue weighted by Crippen LogP contribution is -2.36. The first kappa shape index (κ1) is 15.0. The minimum atomic E-state index is 0.736. The van der Waals surface area contributed by atoms with Crippen LogP contribution in [-0.2, 0) is 6.54 Å². The molecule has 1 aliphatic heterocycles. The Hall–Kier alpha value is -0.380. The molecule has 0 bridgehead atoms. The Balaban J connectivity index is 1.80. The van der Waals surface area contributed by atoms with E-state index < -0.39 is 0 Å². The van der Waals surface area contributed by atoms with Crippen LogP contribution >= 0.6 is 15.9 Å². The fourth-order valence-corrected chi connectivity index (χ4v) is 3.14. The van der Waals surface area contributed by atoms with Crippen LogP contribution in [0.15, 0.2) is 22.7 Å². The fourth-order valence-electron chi connectivity index (χ4n) is 2.73. The number of benzene rings is 1. The molecule has 1 aliphatic rings. The highest BCUT2D eigenvalue weighted by molar-refractivity contribution is 9.10.